The fraction of sp³-hybridized carbons (Fsp3) is 0.300. The fourth-order valence-corrected chi connectivity index (χ4v) is 3.21. The van der Waals surface area contributed by atoms with Crippen LogP contribution in [0.5, 0.6) is 0 Å². The number of rotatable bonds is 4. The van der Waals surface area contributed by atoms with E-state index in [4.69, 9.17) is 0 Å². The third kappa shape index (κ3) is 4.48. The van der Waals surface area contributed by atoms with E-state index in [0.29, 0.717) is 0 Å². The monoisotopic (exact) mass is 357 g/mol. The highest BCUT2D eigenvalue weighted by molar-refractivity contribution is 9.15. The van der Waals surface area contributed by atoms with Crippen LogP contribution in [-0.2, 0) is 0 Å². The van der Waals surface area contributed by atoms with Gasteiger partial charge in [-0.2, -0.15) is 0 Å². The van der Waals surface area contributed by atoms with Crippen molar-refractivity contribution < 1.29 is 0 Å². The summed E-state index contributed by atoms with van der Waals surface area (Å²) in [5.74, 6) is 0. The van der Waals surface area contributed by atoms with Gasteiger partial charge in [-0.15, -0.1) is 0 Å². The Morgan fingerprint density at radius 2 is 1.50 bits per heavy atom. The van der Waals surface area contributed by atoms with Gasteiger partial charge in [-0.1, -0.05) is 49.4 Å². The molecule has 0 aromatic heterocycles. The Morgan fingerprint density at radius 1 is 0.909 bits per heavy atom. The van der Waals surface area contributed by atoms with Crippen molar-refractivity contribution >= 4 is 31.7 Å². The maximum atomic E-state index is 3.79. The summed E-state index contributed by atoms with van der Waals surface area (Å²) in [4.78, 5) is 0. The Balaban J connectivity index is 2.31. The van der Waals surface area contributed by atoms with Crippen molar-refractivity contribution in [2.75, 3.05) is 5.32 Å². The highest BCUT2D eigenvalue weighted by Crippen LogP contribution is 2.33. The fourth-order valence-electron chi connectivity index (χ4n) is 2.43. The van der Waals surface area contributed by atoms with Gasteiger partial charge in [0.2, 0.25) is 0 Å². The van der Waals surface area contributed by atoms with Gasteiger partial charge in [0.25, 0.3) is 0 Å². The van der Waals surface area contributed by atoms with Crippen LogP contribution in [0.2, 0.25) is 0 Å². The molecule has 0 amide bonds. The van der Waals surface area contributed by atoms with Gasteiger partial charge in [-0.3, -0.25) is 0 Å². The van der Waals surface area contributed by atoms with E-state index in [2.05, 4.69) is 104 Å². The second-order valence-corrected chi connectivity index (χ2v) is 7.26. The zero-order valence-electron chi connectivity index (χ0n) is 13.8. The van der Waals surface area contributed by atoms with Crippen molar-refractivity contribution in [3.05, 3.63) is 65.7 Å². The molecule has 2 aromatic rings. The van der Waals surface area contributed by atoms with Gasteiger partial charge in [-0.25, -0.2) is 0 Å². The van der Waals surface area contributed by atoms with Crippen LogP contribution in [0, 0.1) is 0 Å². The Hall–Kier alpha value is -1.54. The second-order valence-electron chi connectivity index (χ2n) is 6.46. The minimum absolute atomic E-state index is 0.0766. The largest absolute Gasteiger partial charge is 0.380 e. The molecule has 0 saturated carbocycles. The average Bonchev–Trinajstić information content (AvgIpc) is 2.48. The molecule has 2 rings (SSSR count). The minimum atomic E-state index is 0.0766. The van der Waals surface area contributed by atoms with Crippen LogP contribution in [-0.4, -0.2) is 5.54 Å². The predicted molar refractivity (Wildman–Crippen MR) is 102 cm³/mol. The van der Waals surface area contributed by atoms with E-state index in [0.717, 1.165) is 12.1 Å². The molecule has 2 heteroatoms. The molecular weight excluding hydrogens is 334 g/mol. The van der Waals surface area contributed by atoms with Gasteiger partial charge < -0.3 is 5.32 Å². The summed E-state index contributed by atoms with van der Waals surface area (Å²) < 4.78 is 1.17. The minimum Gasteiger partial charge on any atom is -0.380 e. The van der Waals surface area contributed by atoms with E-state index >= 15 is 0 Å². The zero-order chi connectivity index (χ0) is 16.2. The molecule has 0 fully saturated rings. The third-order valence-corrected chi connectivity index (χ3v) is 4.33. The Kier molecular flexibility index (Phi) is 5.47. The highest BCUT2D eigenvalue weighted by Gasteiger charge is 2.10. The molecule has 0 heterocycles. The molecule has 1 N–H and O–H groups in total. The molecular formula is C20H24BrN. The lowest BCUT2D eigenvalue weighted by molar-refractivity contribution is 0.634. The highest BCUT2D eigenvalue weighted by atomic mass is 79.9. The van der Waals surface area contributed by atoms with Crippen LogP contribution >= 0.6 is 15.9 Å². The molecule has 0 saturated heterocycles. The Labute approximate surface area is 142 Å². The van der Waals surface area contributed by atoms with Gasteiger partial charge in [0.15, 0.2) is 0 Å². The standard InChI is InChI=1S/C20H24BrN/c1-5-18(15-9-7-6-8-10-15)19(21)16-11-13-17(14-12-16)22-20(2,3)4/h6-14,22H,5H2,1-4H3/b19-18+. The molecule has 0 aliphatic rings. The van der Waals surface area contributed by atoms with Crippen molar-refractivity contribution in [2.45, 2.75) is 39.7 Å². The number of allylic oxidation sites excluding steroid dienone is 1. The summed E-state index contributed by atoms with van der Waals surface area (Å²) in [5.41, 5.74) is 5.04. The van der Waals surface area contributed by atoms with Crippen LogP contribution in [0.1, 0.15) is 45.2 Å². The predicted octanol–water partition coefficient (Wildman–Crippen LogP) is 6.57. The molecule has 0 aliphatic carbocycles. The van der Waals surface area contributed by atoms with Gasteiger partial charge in [0.05, 0.1) is 0 Å². The van der Waals surface area contributed by atoms with E-state index < -0.39 is 0 Å². The van der Waals surface area contributed by atoms with E-state index in [1.54, 1.807) is 0 Å². The molecule has 22 heavy (non-hydrogen) atoms. The van der Waals surface area contributed by atoms with Gasteiger partial charge >= 0.3 is 0 Å². The van der Waals surface area contributed by atoms with Crippen LogP contribution in [0.4, 0.5) is 5.69 Å². The number of benzene rings is 2. The number of nitrogens with one attached hydrogen (secondary N) is 1. The molecule has 0 bridgehead atoms. The molecule has 0 radical (unpaired) electrons. The maximum Gasteiger partial charge on any atom is 0.0344 e. The van der Waals surface area contributed by atoms with Crippen molar-refractivity contribution in [3.63, 3.8) is 0 Å². The summed E-state index contributed by atoms with van der Waals surface area (Å²) in [7, 11) is 0. The Bertz CT molecular complexity index is 634. The first kappa shape index (κ1) is 16.8. The number of anilines is 1. The molecule has 1 nitrogen and oxygen atoms in total. The third-order valence-electron chi connectivity index (χ3n) is 3.40. The van der Waals surface area contributed by atoms with E-state index in [1.807, 2.05) is 0 Å². The first-order valence-corrected chi connectivity index (χ1v) is 8.52. The van der Waals surface area contributed by atoms with E-state index in [9.17, 15) is 0 Å². The van der Waals surface area contributed by atoms with Crippen molar-refractivity contribution in [2.24, 2.45) is 0 Å². The normalized spacial score (nSPS) is 12.8. The lowest BCUT2D eigenvalue weighted by Gasteiger charge is -2.22. The van der Waals surface area contributed by atoms with Crippen LogP contribution < -0.4 is 5.32 Å². The maximum absolute atomic E-state index is 3.79. The van der Waals surface area contributed by atoms with Crippen molar-refractivity contribution in [3.8, 4) is 0 Å². The van der Waals surface area contributed by atoms with Crippen molar-refractivity contribution in [1.29, 1.82) is 0 Å². The molecule has 116 valence electrons. The SMILES string of the molecule is CC/C(=C(\Br)c1ccc(NC(C)(C)C)cc1)c1ccccc1. The molecule has 2 aromatic carbocycles. The van der Waals surface area contributed by atoms with Crippen LogP contribution in [0.15, 0.2) is 54.6 Å². The van der Waals surface area contributed by atoms with E-state index in [1.165, 1.54) is 21.2 Å². The zero-order valence-corrected chi connectivity index (χ0v) is 15.4. The topological polar surface area (TPSA) is 12.0 Å². The van der Waals surface area contributed by atoms with Gasteiger partial charge in [0.1, 0.15) is 0 Å². The summed E-state index contributed by atoms with van der Waals surface area (Å²) in [6.45, 7) is 8.70. The lowest BCUT2D eigenvalue weighted by Crippen LogP contribution is -2.25. The summed E-state index contributed by atoms with van der Waals surface area (Å²) in [5, 5.41) is 3.49. The van der Waals surface area contributed by atoms with Crippen LogP contribution in [0.3, 0.4) is 0 Å². The number of halogens is 1. The molecule has 0 spiro atoms. The molecule has 0 aliphatic heterocycles. The van der Waals surface area contributed by atoms with Gasteiger partial charge in [0, 0.05) is 15.7 Å². The first-order chi connectivity index (χ1) is 10.4. The van der Waals surface area contributed by atoms with Gasteiger partial charge in [-0.05, 0) is 72.0 Å². The van der Waals surface area contributed by atoms with E-state index in [-0.39, 0.29) is 5.54 Å². The summed E-state index contributed by atoms with van der Waals surface area (Å²) in [6, 6.07) is 19.2. The second kappa shape index (κ2) is 7.15. The average molecular weight is 358 g/mol. The Morgan fingerprint density at radius 3 is 2.00 bits per heavy atom. The quantitative estimate of drug-likeness (QED) is 0.610. The number of hydrogen-bond donors (Lipinski definition) is 1. The number of hydrogen-bond acceptors (Lipinski definition) is 1. The first-order valence-electron chi connectivity index (χ1n) is 7.73. The smallest absolute Gasteiger partial charge is 0.0344 e. The molecule has 0 unspecified atom stereocenters. The summed E-state index contributed by atoms with van der Waals surface area (Å²) in [6.07, 6.45) is 0.993. The van der Waals surface area contributed by atoms with Crippen LogP contribution in [0.25, 0.3) is 10.1 Å². The summed E-state index contributed by atoms with van der Waals surface area (Å²) >= 11 is 3.79. The lowest BCUT2D eigenvalue weighted by atomic mass is 10.0. The van der Waals surface area contributed by atoms with Crippen molar-refractivity contribution in [1.82, 2.24) is 0 Å². The molecule has 0 atom stereocenters.